The molecular weight excluding hydrogens is 438 g/mol. The molecule has 0 fully saturated rings. The van der Waals surface area contributed by atoms with Crippen molar-refractivity contribution in [1.29, 1.82) is 0 Å². The Labute approximate surface area is 196 Å². The van der Waals surface area contributed by atoms with E-state index in [-0.39, 0.29) is 12.3 Å². The molecule has 1 aromatic heterocycles. The number of pyridine rings is 1. The molecule has 0 saturated carbocycles. The van der Waals surface area contributed by atoms with E-state index in [1.165, 1.54) is 11.8 Å². The van der Waals surface area contributed by atoms with E-state index in [4.69, 9.17) is 0 Å². The van der Waals surface area contributed by atoms with E-state index >= 15 is 0 Å². The van der Waals surface area contributed by atoms with Gasteiger partial charge in [0.25, 0.3) is 5.91 Å². The fourth-order valence-electron chi connectivity index (χ4n) is 3.30. The second-order valence-corrected chi connectivity index (χ2v) is 8.34. The van der Waals surface area contributed by atoms with Crippen LogP contribution >= 0.6 is 11.8 Å². The molecule has 8 heteroatoms. The predicted octanol–water partition coefficient (Wildman–Crippen LogP) is 3.87. The third kappa shape index (κ3) is 6.92. The normalized spacial score (nSPS) is 11.4. The van der Waals surface area contributed by atoms with Gasteiger partial charge in [-0.15, -0.1) is 0 Å². The first-order valence-corrected chi connectivity index (χ1v) is 11.8. The molecular formula is C25H25N3O4S. The molecule has 0 saturated heterocycles. The number of carboxylic acids is 1. The third-order valence-corrected chi connectivity index (χ3v) is 5.58. The summed E-state index contributed by atoms with van der Waals surface area (Å²) < 4.78 is 0. The van der Waals surface area contributed by atoms with E-state index in [0.29, 0.717) is 29.0 Å². The monoisotopic (exact) mass is 463 g/mol. The number of hydrogen-bond donors (Lipinski definition) is 3. The number of benzene rings is 2. The second kappa shape index (κ2) is 11.8. The fraction of sp³-hybridized carbons (Fsp3) is 0.200. The van der Waals surface area contributed by atoms with Crippen LogP contribution in [0.25, 0.3) is 11.1 Å². The van der Waals surface area contributed by atoms with Crippen molar-refractivity contribution in [2.75, 3.05) is 17.3 Å². The summed E-state index contributed by atoms with van der Waals surface area (Å²) in [5, 5.41) is 15.0. The lowest BCUT2D eigenvalue weighted by molar-refractivity contribution is -0.139. The second-order valence-electron chi connectivity index (χ2n) is 7.36. The molecule has 2 amide bonds. The Hall–Kier alpha value is -3.65. The average molecular weight is 464 g/mol. The van der Waals surface area contributed by atoms with E-state index in [9.17, 15) is 19.5 Å². The molecule has 0 spiro atoms. The maximum Gasteiger partial charge on any atom is 0.326 e. The number of amides is 2. The van der Waals surface area contributed by atoms with Crippen molar-refractivity contribution in [3.05, 3.63) is 84.2 Å². The highest BCUT2D eigenvalue weighted by Crippen LogP contribution is 2.27. The lowest BCUT2D eigenvalue weighted by atomic mass is 9.98. The van der Waals surface area contributed by atoms with Gasteiger partial charge in [0.05, 0.1) is 6.42 Å². The van der Waals surface area contributed by atoms with Gasteiger partial charge < -0.3 is 15.7 Å². The summed E-state index contributed by atoms with van der Waals surface area (Å²) >= 11 is 1.52. The number of nitrogens with zero attached hydrogens (tertiary/aromatic N) is 1. The maximum absolute atomic E-state index is 13.0. The van der Waals surface area contributed by atoms with Crippen molar-refractivity contribution in [1.82, 2.24) is 10.3 Å². The molecule has 1 heterocycles. The summed E-state index contributed by atoms with van der Waals surface area (Å²) in [7, 11) is 0. The largest absolute Gasteiger partial charge is 0.480 e. The minimum Gasteiger partial charge on any atom is -0.480 e. The summed E-state index contributed by atoms with van der Waals surface area (Å²) in [5.41, 5.74) is 3.04. The molecule has 0 aliphatic rings. The van der Waals surface area contributed by atoms with E-state index in [1.54, 1.807) is 36.7 Å². The molecule has 2 aromatic carbocycles. The first kappa shape index (κ1) is 24.0. The van der Waals surface area contributed by atoms with Crippen molar-refractivity contribution in [2.45, 2.75) is 18.9 Å². The Morgan fingerprint density at radius 3 is 2.52 bits per heavy atom. The summed E-state index contributed by atoms with van der Waals surface area (Å²) in [6, 6.07) is 16.9. The lowest BCUT2D eigenvalue weighted by Gasteiger charge is -2.17. The van der Waals surface area contributed by atoms with Crippen LogP contribution in [-0.4, -0.2) is 45.9 Å². The molecule has 1 atom stereocenters. The molecule has 3 rings (SSSR count). The zero-order chi connectivity index (χ0) is 23.6. The van der Waals surface area contributed by atoms with Crippen molar-refractivity contribution in [2.24, 2.45) is 0 Å². The van der Waals surface area contributed by atoms with Crippen LogP contribution in [0.15, 0.2) is 73.1 Å². The quantitative estimate of drug-likeness (QED) is 0.421. The van der Waals surface area contributed by atoms with Crippen LogP contribution in [0.1, 0.15) is 22.3 Å². The zero-order valence-electron chi connectivity index (χ0n) is 18.2. The van der Waals surface area contributed by atoms with Crippen molar-refractivity contribution >= 4 is 35.2 Å². The van der Waals surface area contributed by atoms with E-state index in [2.05, 4.69) is 15.6 Å². The molecule has 0 bridgehead atoms. The third-order valence-electron chi connectivity index (χ3n) is 4.93. The maximum atomic E-state index is 13.0. The summed E-state index contributed by atoms with van der Waals surface area (Å²) in [4.78, 5) is 41.1. The van der Waals surface area contributed by atoms with Crippen molar-refractivity contribution in [3.63, 3.8) is 0 Å². The Balaban J connectivity index is 1.85. The van der Waals surface area contributed by atoms with Gasteiger partial charge in [0.15, 0.2) is 0 Å². The summed E-state index contributed by atoms with van der Waals surface area (Å²) in [6.07, 6.45) is 5.67. The number of nitrogens with one attached hydrogen (secondary N) is 2. The number of carbonyl (C=O) groups excluding carboxylic acids is 2. The summed E-state index contributed by atoms with van der Waals surface area (Å²) in [6.45, 7) is 0. The Kier molecular flexibility index (Phi) is 8.60. The lowest BCUT2D eigenvalue weighted by Crippen LogP contribution is -2.41. The number of rotatable bonds is 10. The van der Waals surface area contributed by atoms with Crippen LogP contribution in [0.2, 0.25) is 0 Å². The number of carboxylic acid groups (broad SMARTS) is 1. The first-order valence-electron chi connectivity index (χ1n) is 10.4. The van der Waals surface area contributed by atoms with Gasteiger partial charge in [-0.2, -0.15) is 11.8 Å². The number of hydrogen-bond acceptors (Lipinski definition) is 5. The number of aliphatic carboxylic acids is 1. The molecule has 0 aliphatic heterocycles. The smallest absolute Gasteiger partial charge is 0.326 e. The average Bonchev–Trinajstić information content (AvgIpc) is 2.82. The number of aromatic nitrogens is 1. The van der Waals surface area contributed by atoms with E-state index in [1.807, 2.05) is 42.7 Å². The van der Waals surface area contributed by atoms with E-state index < -0.39 is 17.9 Å². The Morgan fingerprint density at radius 1 is 1.06 bits per heavy atom. The van der Waals surface area contributed by atoms with Crippen LogP contribution in [0, 0.1) is 0 Å². The van der Waals surface area contributed by atoms with Gasteiger partial charge >= 0.3 is 5.97 Å². The first-order chi connectivity index (χ1) is 16.0. The SMILES string of the molecule is CSCCC(NC(=O)c1ccc(NC(=O)Cc2cccnc2)cc1-c1ccccc1)C(=O)O. The fourth-order valence-corrected chi connectivity index (χ4v) is 3.77. The van der Waals surface area contributed by atoms with Crippen molar-refractivity contribution in [3.8, 4) is 11.1 Å². The number of carbonyl (C=O) groups is 3. The van der Waals surface area contributed by atoms with Gasteiger partial charge in [-0.3, -0.25) is 14.6 Å². The highest BCUT2D eigenvalue weighted by molar-refractivity contribution is 7.98. The van der Waals surface area contributed by atoms with Gasteiger partial charge in [-0.05, 0) is 59.4 Å². The topological polar surface area (TPSA) is 108 Å². The minimum absolute atomic E-state index is 0.173. The standard InChI is InChI=1S/C25H25N3O4S/c1-33-13-11-22(25(31)32)28-24(30)20-10-9-19(15-21(20)18-7-3-2-4-8-18)27-23(29)14-17-6-5-12-26-16-17/h2-10,12,15-16,22H,11,13-14H2,1H3,(H,27,29)(H,28,30)(H,31,32). The van der Waals surface area contributed by atoms with E-state index in [0.717, 1.165) is 11.1 Å². The van der Waals surface area contributed by atoms with Crippen molar-refractivity contribution < 1.29 is 19.5 Å². The Morgan fingerprint density at radius 2 is 1.85 bits per heavy atom. The molecule has 7 nitrogen and oxygen atoms in total. The molecule has 3 N–H and O–H groups in total. The number of anilines is 1. The van der Waals surface area contributed by atoms with Gasteiger partial charge in [-0.1, -0.05) is 36.4 Å². The Bertz CT molecular complexity index is 1110. The zero-order valence-corrected chi connectivity index (χ0v) is 19.0. The summed E-state index contributed by atoms with van der Waals surface area (Å²) in [5.74, 6) is -1.14. The highest BCUT2D eigenvalue weighted by atomic mass is 32.2. The molecule has 33 heavy (non-hydrogen) atoms. The van der Waals surface area contributed by atoms with Gasteiger partial charge in [0.1, 0.15) is 6.04 Å². The predicted molar refractivity (Wildman–Crippen MR) is 130 cm³/mol. The van der Waals surface area contributed by atoms with Crippen LogP contribution in [-0.2, 0) is 16.0 Å². The minimum atomic E-state index is -1.07. The molecule has 3 aromatic rings. The van der Waals surface area contributed by atoms with Crippen LogP contribution in [0.3, 0.4) is 0 Å². The van der Waals surface area contributed by atoms with Crippen LogP contribution in [0.4, 0.5) is 5.69 Å². The van der Waals surface area contributed by atoms with Gasteiger partial charge in [0, 0.05) is 23.6 Å². The molecule has 0 aliphatic carbocycles. The van der Waals surface area contributed by atoms with Crippen LogP contribution in [0.5, 0.6) is 0 Å². The molecule has 170 valence electrons. The van der Waals surface area contributed by atoms with Gasteiger partial charge in [-0.25, -0.2) is 4.79 Å². The molecule has 1 unspecified atom stereocenters. The number of thioether (sulfide) groups is 1. The van der Waals surface area contributed by atoms with Crippen LogP contribution < -0.4 is 10.6 Å². The molecule has 0 radical (unpaired) electrons. The van der Waals surface area contributed by atoms with Gasteiger partial charge in [0.2, 0.25) is 5.91 Å². The highest BCUT2D eigenvalue weighted by Gasteiger charge is 2.22.